The third kappa shape index (κ3) is 6.68. The minimum absolute atomic E-state index is 0.193. The van der Waals surface area contributed by atoms with E-state index in [9.17, 15) is 0 Å². The lowest BCUT2D eigenvalue weighted by molar-refractivity contribution is 0.516. The van der Waals surface area contributed by atoms with Crippen LogP contribution in [0.3, 0.4) is 0 Å². The van der Waals surface area contributed by atoms with Gasteiger partial charge < -0.3 is 14.0 Å². The molecule has 5 atom stereocenters. The first-order valence-corrected chi connectivity index (χ1v) is 27.5. The fourth-order valence-electron chi connectivity index (χ4n) is 14.5. The summed E-state index contributed by atoms with van der Waals surface area (Å²) in [7, 11) is 0. The zero-order chi connectivity index (χ0) is 49.8. The molecule has 0 radical (unpaired) electrons. The Kier molecular flexibility index (Phi) is 9.91. The highest BCUT2D eigenvalue weighted by Crippen LogP contribution is 2.54. The summed E-state index contributed by atoms with van der Waals surface area (Å²) in [5.41, 5.74) is 23.6. The Morgan fingerprint density at radius 2 is 0.974 bits per heavy atom. The molecule has 5 aliphatic carbocycles. The molecular formula is C73H55N3. The van der Waals surface area contributed by atoms with Gasteiger partial charge in [0, 0.05) is 62.1 Å². The Morgan fingerprint density at radius 1 is 0.395 bits per heavy atom. The van der Waals surface area contributed by atoms with Crippen LogP contribution in [0.25, 0.3) is 82.8 Å². The van der Waals surface area contributed by atoms with E-state index in [1.165, 1.54) is 100 Å². The van der Waals surface area contributed by atoms with Gasteiger partial charge in [-0.3, -0.25) is 0 Å². The van der Waals surface area contributed by atoms with Crippen molar-refractivity contribution in [1.82, 2.24) is 9.13 Å². The highest BCUT2D eigenvalue weighted by molar-refractivity contribution is 6.11. The van der Waals surface area contributed by atoms with E-state index in [0.29, 0.717) is 17.8 Å². The highest BCUT2D eigenvalue weighted by atomic mass is 15.2. The summed E-state index contributed by atoms with van der Waals surface area (Å²) in [4.78, 5) is 2.62. The van der Waals surface area contributed by atoms with Gasteiger partial charge >= 0.3 is 0 Å². The van der Waals surface area contributed by atoms with E-state index >= 15 is 0 Å². The summed E-state index contributed by atoms with van der Waals surface area (Å²) in [6.45, 7) is 0. The minimum atomic E-state index is 0.193. The van der Waals surface area contributed by atoms with Gasteiger partial charge in [-0.05, 0) is 155 Å². The van der Waals surface area contributed by atoms with Crippen LogP contribution in [-0.2, 0) is 0 Å². The van der Waals surface area contributed by atoms with Gasteiger partial charge in [-0.25, -0.2) is 0 Å². The maximum atomic E-state index is 2.62. The zero-order valence-electron chi connectivity index (χ0n) is 42.3. The molecule has 0 spiro atoms. The van der Waals surface area contributed by atoms with E-state index in [-0.39, 0.29) is 12.0 Å². The smallest absolute Gasteiger partial charge is 0.0632 e. The van der Waals surface area contributed by atoms with Gasteiger partial charge in [0.25, 0.3) is 0 Å². The normalized spacial score (nSPS) is 21.3. The first-order chi connectivity index (χ1) is 37.7. The second-order valence-electron chi connectivity index (χ2n) is 21.7. The van der Waals surface area contributed by atoms with Crippen LogP contribution in [0, 0.1) is 17.8 Å². The largest absolute Gasteiger partial charge is 0.334 e. The molecule has 362 valence electrons. The van der Waals surface area contributed by atoms with Gasteiger partial charge in [-0.1, -0.05) is 188 Å². The van der Waals surface area contributed by atoms with Crippen molar-refractivity contribution in [2.45, 2.75) is 37.6 Å². The monoisotopic (exact) mass is 973 g/mol. The van der Waals surface area contributed by atoms with Crippen molar-refractivity contribution in [3.63, 3.8) is 0 Å². The minimum Gasteiger partial charge on any atom is -0.334 e. The highest BCUT2D eigenvalue weighted by Gasteiger charge is 2.43. The molecule has 3 heterocycles. The zero-order valence-corrected chi connectivity index (χ0v) is 42.3. The van der Waals surface area contributed by atoms with Crippen molar-refractivity contribution in [2.75, 3.05) is 4.90 Å². The van der Waals surface area contributed by atoms with Crippen LogP contribution >= 0.6 is 0 Å². The molecule has 10 aromatic rings. The molecule has 0 N–H and O–H groups in total. The Labute approximate surface area is 444 Å². The van der Waals surface area contributed by atoms with Crippen LogP contribution in [0.1, 0.15) is 42.7 Å². The maximum Gasteiger partial charge on any atom is 0.0632 e. The van der Waals surface area contributed by atoms with Gasteiger partial charge in [0.2, 0.25) is 0 Å². The molecule has 8 aromatic carbocycles. The van der Waals surface area contributed by atoms with E-state index < -0.39 is 0 Å². The number of para-hydroxylation sites is 3. The molecule has 0 bridgehead atoms. The van der Waals surface area contributed by atoms with Crippen LogP contribution in [0.4, 0.5) is 5.69 Å². The first kappa shape index (κ1) is 43.5. The molecule has 1 aliphatic heterocycles. The van der Waals surface area contributed by atoms with E-state index in [1.807, 2.05) is 0 Å². The fraction of sp³-hybridized carbons (Fsp3) is 0.123. The fourth-order valence-corrected chi connectivity index (χ4v) is 14.5. The van der Waals surface area contributed by atoms with Gasteiger partial charge in [0.1, 0.15) is 0 Å². The van der Waals surface area contributed by atoms with Gasteiger partial charge in [0.15, 0.2) is 0 Å². The molecule has 0 saturated carbocycles. The molecule has 16 rings (SSSR count). The summed E-state index contributed by atoms with van der Waals surface area (Å²) in [5.74, 6) is 1.73. The van der Waals surface area contributed by atoms with Crippen molar-refractivity contribution < 1.29 is 0 Å². The molecule has 0 saturated heterocycles. The van der Waals surface area contributed by atoms with E-state index in [1.54, 1.807) is 16.7 Å². The lowest BCUT2D eigenvalue weighted by Gasteiger charge is -2.33. The first-order valence-electron chi connectivity index (χ1n) is 27.5. The van der Waals surface area contributed by atoms with Crippen LogP contribution in [0.15, 0.2) is 277 Å². The SMILES string of the molecule is C1=CC2C3=C(C=CCC3)C(c3ccc(-c4ccc(N5C6=C(CCC=C6)[C@@H]6C(c7ccc8c(c7)c7ccccc7n8-c7cccc(-c8cccc(-n9c%10ccccc%10c%10ccccc%109)c8)c7)=CC=CC65)cc4)cc3)C2C=C1. The average molecular weight is 974 g/mol. The van der Waals surface area contributed by atoms with Crippen LogP contribution < -0.4 is 4.90 Å². The number of fused-ring (bicyclic) bond motifs is 10. The van der Waals surface area contributed by atoms with Crippen LogP contribution in [0.5, 0.6) is 0 Å². The summed E-state index contributed by atoms with van der Waals surface area (Å²) in [6.07, 6.45) is 30.6. The average Bonchev–Trinajstić information content (AvgIpc) is 4.28. The van der Waals surface area contributed by atoms with E-state index in [0.717, 1.165) is 30.6 Å². The molecule has 4 unspecified atom stereocenters. The van der Waals surface area contributed by atoms with Crippen molar-refractivity contribution in [3.05, 3.63) is 288 Å². The second-order valence-corrected chi connectivity index (χ2v) is 21.7. The van der Waals surface area contributed by atoms with E-state index in [4.69, 9.17) is 0 Å². The number of allylic oxidation sites excluding steroid dienone is 12. The number of benzene rings is 8. The van der Waals surface area contributed by atoms with Crippen LogP contribution in [-0.4, -0.2) is 15.2 Å². The maximum absolute atomic E-state index is 2.62. The van der Waals surface area contributed by atoms with Crippen LogP contribution in [0.2, 0.25) is 0 Å². The van der Waals surface area contributed by atoms with E-state index in [2.05, 4.69) is 269 Å². The Bertz CT molecular complexity index is 4250. The van der Waals surface area contributed by atoms with Gasteiger partial charge in [-0.15, -0.1) is 0 Å². The van der Waals surface area contributed by atoms with Gasteiger partial charge in [-0.2, -0.15) is 0 Å². The standard InChI is InChI=1S/C73H55N3/c1-3-25-62-57(20-1)58-21-2-4-26-63(58)72(62)49-36-34-47(35-37-49)48-38-41-53(42-39-48)74-69-32-12-8-27-64(69)73-56(28-15-33-71(73)74)52-40-43-70-65(46-52)61-24-7-11-31-68(61)76(70)55-19-14-17-51(45-55)50-16-13-18-54(44-50)75-66-29-9-5-22-59(66)60-23-6-10-30-67(60)75/h1,3-7,9-20,22-26,28-46,57,62,71-73H,2,8,21,27H2/t57?,62?,71?,72?,73-/m0/s1. The summed E-state index contributed by atoms with van der Waals surface area (Å²) < 4.78 is 4.87. The molecule has 76 heavy (non-hydrogen) atoms. The number of anilines is 1. The third-order valence-electron chi connectivity index (χ3n) is 17.8. The van der Waals surface area contributed by atoms with Crippen molar-refractivity contribution >= 4 is 54.9 Å². The molecular weight excluding hydrogens is 919 g/mol. The summed E-state index contributed by atoms with van der Waals surface area (Å²) >= 11 is 0. The molecule has 3 heteroatoms. The van der Waals surface area contributed by atoms with Crippen molar-refractivity contribution in [1.29, 1.82) is 0 Å². The summed E-state index contributed by atoms with van der Waals surface area (Å²) in [5, 5.41) is 5.09. The number of hydrogen-bond acceptors (Lipinski definition) is 1. The Balaban J connectivity index is 0.708. The molecule has 0 fully saturated rings. The molecule has 3 nitrogen and oxygen atoms in total. The predicted octanol–water partition coefficient (Wildman–Crippen LogP) is 18.4. The quantitative estimate of drug-likeness (QED) is 0.155. The third-order valence-corrected chi connectivity index (χ3v) is 17.8. The number of hydrogen-bond donors (Lipinski definition) is 0. The lowest BCUT2D eigenvalue weighted by Crippen LogP contribution is -2.33. The predicted molar refractivity (Wildman–Crippen MR) is 318 cm³/mol. The molecule has 6 aliphatic rings. The Morgan fingerprint density at radius 3 is 1.66 bits per heavy atom. The topological polar surface area (TPSA) is 13.1 Å². The van der Waals surface area contributed by atoms with Crippen molar-refractivity contribution in [3.8, 4) is 33.6 Å². The second kappa shape index (κ2) is 17.3. The number of nitrogens with zero attached hydrogens (tertiary/aromatic N) is 3. The lowest BCUT2D eigenvalue weighted by atomic mass is 9.78. The number of aromatic nitrogens is 2. The van der Waals surface area contributed by atoms with Gasteiger partial charge in [0.05, 0.1) is 28.1 Å². The van der Waals surface area contributed by atoms with Crippen molar-refractivity contribution in [2.24, 2.45) is 17.8 Å². The molecule has 2 aromatic heterocycles. The summed E-state index contributed by atoms with van der Waals surface area (Å²) in [6, 6.07) is 70.8. The number of rotatable bonds is 7. The molecule has 0 amide bonds. The Hall–Kier alpha value is -8.92.